The molecular formula is C25H19ClN2O2. The molecule has 2 atom stereocenters. The van der Waals surface area contributed by atoms with Crippen LogP contribution < -0.4 is 10.1 Å². The minimum Gasteiger partial charge on any atom is -0.497 e. The fraction of sp³-hybridized carbons (Fsp3) is 0.120. The molecule has 1 N–H and O–H groups in total. The lowest BCUT2D eigenvalue weighted by molar-refractivity contribution is -0.124. The number of hydrogen-bond acceptors (Lipinski definition) is 2. The first-order valence-corrected chi connectivity index (χ1v) is 9.83. The predicted molar refractivity (Wildman–Crippen MR) is 118 cm³/mol. The van der Waals surface area contributed by atoms with Crippen LogP contribution in [0.25, 0.3) is 10.5 Å². The molecule has 1 aliphatic heterocycles. The summed E-state index contributed by atoms with van der Waals surface area (Å²) in [6.45, 7) is 8.07. The van der Waals surface area contributed by atoms with Gasteiger partial charge in [-0.1, -0.05) is 54.1 Å². The summed E-state index contributed by atoms with van der Waals surface area (Å²) in [6, 6.07) is 24.0. The maximum absolute atomic E-state index is 13.5. The maximum Gasteiger partial charge on any atom is 0.344 e. The number of nitrogens with one attached hydrogen (secondary N) is 1. The highest BCUT2D eigenvalue weighted by Crippen LogP contribution is 2.46. The molecule has 1 heterocycles. The molecule has 3 aromatic carbocycles. The van der Waals surface area contributed by atoms with Gasteiger partial charge in [0.15, 0.2) is 0 Å². The number of ether oxygens (including phenoxy) is 1. The molecule has 0 aliphatic carbocycles. The zero-order valence-corrected chi connectivity index (χ0v) is 17.1. The Hall–Kier alpha value is -3.55. The van der Waals surface area contributed by atoms with Crippen LogP contribution in [0.15, 0.2) is 84.9 Å². The molecule has 1 amide bonds. The summed E-state index contributed by atoms with van der Waals surface area (Å²) in [5.41, 5.74) is 1.58. The highest BCUT2D eigenvalue weighted by atomic mass is 35.5. The number of carbonyl (C=O) groups is 1. The first-order valence-electron chi connectivity index (χ1n) is 9.46. The molecule has 5 heteroatoms. The van der Waals surface area contributed by atoms with Gasteiger partial charge in [-0.2, -0.15) is 0 Å². The minimum atomic E-state index is -1.45. The quantitative estimate of drug-likeness (QED) is 0.579. The molecule has 30 heavy (non-hydrogen) atoms. The summed E-state index contributed by atoms with van der Waals surface area (Å²) in [4.78, 5) is 17.4. The lowest BCUT2D eigenvalue weighted by Crippen LogP contribution is -2.48. The first kappa shape index (κ1) is 19.8. The number of rotatable bonds is 4. The average molecular weight is 415 g/mol. The van der Waals surface area contributed by atoms with Crippen LogP contribution in [-0.4, -0.2) is 13.0 Å². The SMILES string of the molecule is [C-]#[N+][C@@]1(c2ccc(Cl)cc2)C(=O)NC(c2ccccc2)=C[C@H]1c1ccc(OC)cc1. The van der Waals surface area contributed by atoms with Crippen molar-refractivity contribution in [3.8, 4) is 5.75 Å². The van der Waals surface area contributed by atoms with Gasteiger partial charge in [-0.3, -0.25) is 9.64 Å². The Labute approximate surface area is 180 Å². The van der Waals surface area contributed by atoms with E-state index in [9.17, 15) is 4.79 Å². The molecule has 148 valence electrons. The van der Waals surface area contributed by atoms with Crippen molar-refractivity contribution in [3.05, 3.63) is 118 Å². The molecule has 1 aliphatic rings. The van der Waals surface area contributed by atoms with Gasteiger partial charge in [-0.25, -0.2) is 6.57 Å². The van der Waals surface area contributed by atoms with Gasteiger partial charge in [0.1, 0.15) is 5.75 Å². The smallest absolute Gasteiger partial charge is 0.344 e. The molecule has 0 saturated carbocycles. The van der Waals surface area contributed by atoms with Gasteiger partial charge >= 0.3 is 11.4 Å². The van der Waals surface area contributed by atoms with Gasteiger partial charge in [0.2, 0.25) is 0 Å². The van der Waals surface area contributed by atoms with Gasteiger partial charge in [0.25, 0.3) is 0 Å². The van der Waals surface area contributed by atoms with Gasteiger partial charge in [0.05, 0.1) is 13.0 Å². The molecule has 0 radical (unpaired) electrons. The van der Waals surface area contributed by atoms with E-state index in [-0.39, 0.29) is 5.91 Å². The average Bonchev–Trinajstić information content (AvgIpc) is 2.80. The molecule has 0 spiro atoms. The van der Waals surface area contributed by atoms with Crippen LogP contribution in [0.5, 0.6) is 5.75 Å². The van der Waals surface area contributed by atoms with Crippen molar-refractivity contribution in [3.63, 3.8) is 0 Å². The van der Waals surface area contributed by atoms with E-state index in [0.717, 1.165) is 11.1 Å². The second-order valence-corrected chi connectivity index (χ2v) is 7.47. The summed E-state index contributed by atoms with van der Waals surface area (Å²) in [7, 11) is 1.60. The van der Waals surface area contributed by atoms with Crippen LogP contribution in [0.2, 0.25) is 5.02 Å². The third-order valence-corrected chi connectivity index (χ3v) is 5.65. The van der Waals surface area contributed by atoms with Gasteiger partial charge in [-0.05, 0) is 53.6 Å². The summed E-state index contributed by atoms with van der Waals surface area (Å²) in [5, 5.41) is 3.51. The Morgan fingerprint density at radius 1 is 1.00 bits per heavy atom. The fourth-order valence-electron chi connectivity index (χ4n) is 3.82. The third-order valence-electron chi connectivity index (χ3n) is 5.40. The Morgan fingerprint density at radius 3 is 2.27 bits per heavy atom. The fourth-order valence-corrected chi connectivity index (χ4v) is 3.95. The Bertz CT molecular complexity index is 1130. The van der Waals surface area contributed by atoms with E-state index in [2.05, 4.69) is 10.2 Å². The summed E-state index contributed by atoms with van der Waals surface area (Å²) in [5.74, 6) is -0.140. The van der Waals surface area contributed by atoms with Crippen LogP contribution in [0, 0.1) is 6.57 Å². The zero-order valence-electron chi connectivity index (χ0n) is 16.3. The Kier molecular flexibility index (Phi) is 5.31. The maximum atomic E-state index is 13.5. The molecule has 4 nitrogen and oxygen atoms in total. The van der Waals surface area contributed by atoms with E-state index in [1.165, 1.54) is 0 Å². The number of nitrogens with zero attached hydrogens (tertiary/aromatic N) is 1. The van der Waals surface area contributed by atoms with Crippen molar-refractivity contribution in [2.45, 2.75) is 11.5 Å². The molecule has 0 fully saturated rings. The van der Waals surface area contributed by atoms with Crippen molar-refractivity contribution in [2.24, 2.45) is 0 Å². The van der Waals surface area contributed by atoms with E-state index in [1.807, 2.05) is 60.7 Å². The minimum absolute atomic E-state index is 0.359. The van der Waals surface area contributed by atoms with E-state index in [1.54, 1.807) is 31.4 Å². The lowest BCUT2D eigenvalue weighted by Gasteiger charge is -2.33. The summed E-state index contributed by atoms with van der Waals surface area (Å²) >= 11 is 6.06. The molecular weight excluding hydrogens is 396 g/mol. The van der Waals surface area contributed by atoms with E-state index in [0.29, 0.717) is 22.0 Å². The van der Waals surface area contributed by atoms with Crippen LogP contribution >= 0.6 is 11.6 Å². The monoisotopic (exact) mass is 414 g/mol. The van der Waals surface area contributed by atoms with E-state index >= 15 is 0 Å². The van der Waals surface area contributed by atoms with Gasteiger partial charge in [0, 0.05) is 16.3 Å². The van der Waals surface area contributed by atoms with E-state index in [4.69, 9.17) is 22.9 Å². The van der Waals surface area contributed by atoms with Crippen molar-refractivity contribution >= 4 is 23.2 Å². The van der Waals surface area contributed by atoms with Crippen molar-refractivity contribution in [2.75, 3.05) is 7.11 Å². The standard InChI is InChI=1S/C25H19ClN2O2/c1-27-25(19-10-12-20(26)13-11-19)22(17-8-14-21(30-2)15-9-17)16-23(28-24(25)29)18-6-4-3-5-7-18/h3-16,22H,2H3,(H,28,29)/t22-,25+/m0/s1. The normalized spacial score (nSPS) is 20.6. The molecule has 3 aromatic rings. The van der Waals surface area contributed by atoms with Crippen molar-refractivity contribution in [1.29, 1.82) is 0 Å². The second-order valence-electron chi connectivity index (χ2n) is 7.04. The number of hydrogen-bond donors (Lipinski definition) is 1. The van der Waals surface area contributed by atoms with Crippen LogP contribution in [-0.2, 0) is 10.3 Å². The van der Waals surface area contributed by atoms with Gasteiger partial charge in [-0.15, -0.1) is 0 Å². The summed E-state index contributed by atoms with van der Waals surface area (Å²) < 4.78 is 5.27. The molecule has 0 unspecified atom stereocenters. The van der Waals surface area contributed by atoms with Crippen molar-refractivity contribution in [1.82, 2.24) is 5.32 Å². The topological polar surface area (TPSA) is 42.7 Å². The number of halogens is 1. The van der Waals surface area contributed by atoms with E-state index < -0.39 is 11.5 Å². The Morgan fingerprint density at radius 2 is 1.67 bits per heavy atom. The molecule has 0 bridgehead atoms. The highest BCUT2D eigenvalue weighted by Gasteiger charge is 2.56. The van der Waals surface area contributed by atoms with Crippen LogP contribution in [0.4, 0.5) is 0 Å². The summed E-state index contributed by atoms with van der Waals surface area (Å²) in [6.07, 6.45) is 1.96. The first-order chi connectivity index (χ1) is 14.6. The Balaban J connectivity index is 1.93. The number of amides is 1. The number of benzene rings is 3. The zero-order chi connectivity index (χ0) is 21.1. The van der Waals surface area contributed by atoms with Crippen LogP contribution in [0.1, 0.15) is 22.6 Å². The largest absolute Gasteiger partial charge is 0.497 e. The van der Waals surface area contributed by atoms with Gasteiger partial charge < -0.3 is 10.1 Å². The predicted octanol–water partition coefficient (Wildman–Crippen LogP) is 5.42. The number of methoxy groups -OCH3 is 1. The lowest BCUT2D eigenvalue weighted by atomic mass is 9.71. The molecule has 4 rings (SSSR count). The van der Waals surface area contributed by atoms with Crippen LogP contribution in [0.3, 0.4) is 0 Å². The van der Waals surface area contributed by atoms with Crippen molar-refractivity contribution < 1.29 is 9.53 Å². The highest BCUT2D eigenvalue weighted by molar-refractivity contribution is 6.30. The number of carbonyl (C=O) groups excluding carboxylic acids is 1. The second kappa shape index (κ2) is 8.06. The molecule has 0 aromatic heterocycles. The molecule has 0 saturated heterocycles. The third kappa shape index (κ3) is 3.34.